The van der Waals surface area contributed by atoms with Crippen LogP contribution in [-0.4, -0.2) is 54.2 Å². The van der Waals surface area contributed by atoms with Crippen LogP contribution in [0.3, 0.4) is 0 Å². The number of urea groups is 1. The van der Waals surface area contributed by atoms with Gasteiger partial charge in [-0.15, -0.1) is 0 Å². The Labute approximate surface area is 152 Å². The molecular weight excluding hydrogens is 366 g/mol. The number of nitrogens with one attached hydrogen (secondary N) is 1. The summed E-state index contributed by atoms with van der Waals surface area (Å²) in [6.45, 7) is 3.87. The number of rotatable bonds is 3. The second kappa shape index (κ2) is 6.26. The molecular formula is C16H20ClN3O4S. The molecule has 0 aromatic heterocycles. The van der Waals surface area contributed by atoms with E-state index in [4.69, 9.17) is 11.6 Å². The van der Waals surface area contributed by atoms with Crippen LogP contribution in [0, 0.1) is 0 Å². The summed E-state index contributed by atoms with van der Waals surface area (Å²) in [6, 6.07) is 5.45. The van der Waals surface area contributed by atoms with E-state index >= 15 is 0 Å². The lowest BCUT2D eigenvalue weighted by Crippen LogP contribution is -2.56. The van der Waals surface area contributed by atoms with Crippen molar-refractivity contribution in [2.75, 3.05) is 13.1 Å². The molecule has 3 rings (SSSR count). The predicted octanol–water partition coefficient (Wildman–Crippen LogP) is 1.82. The van der Waals surface area contributed by atoms with Gasteiger partial charge in [0.25, 0.3) is 5.91 Å². The molecule has 0 unspecified atom stereocenters. The first kappa shape index (κ1) is 18.2. The number of imide groups is 1. The molecule has 3 amide bonds. The van der Waals surface area contributed by atoms with Gasteiger partial charge in [0.2, 0.25) is 10.0 Å². The van der Waals surface area contributed by atoms with E-state index in [0.717, 1.165) is 0 Å². The first-order valence-corrected chi connectivity index (χ1v) is 9.91. The van der Waals surface area contributed by atoms with E-state index in [1.807, 2.05) is 0 Å². The lowest BCUT2D eigenvalue weighted by atomic mass is 9.88. The lowest BCUT2D eigenvalue weighted by molar-refractivity contribution is -0.133. The monoisotopic (exact) mass is 385 g/mol. The minimum Gasteiger partial charge on any atom is -0.323 e. The van der Waals surface area contributed by atoms with Gasteiger partial charge in [-0.25, -0.2) is 13.2 Å². The lowest BCUT2D eigenvalue weighted by Gasteiger charge is -2.36. The van der Waals surface area contributed by atoms with E-state index in [0.29, 0.717) is 5.02 Å². The van der Waals surface area contributed by atoms with Crippen molar-refractivity contribution >= 4 is 33.6 Å². The maximum atomic E-state index is 12.7. The van der Waals surface area contributed by atoms with Crippen molar-refractivity contribution in [1.82, 2.24) is 14.5 Å². The van der Waals surface area contributed by atoms with E-state index in [-0.39, 0.29) is 42.8 Å². The summed E-state index contributed by atoms with van der Waals surface area (Å²) in [5.74, 6) is -0.271. The molecule has 2 heterocycles. The van der Waals surface area contributed by atoms with Crippen molar-refractivity contribution in [2.45, 2.75) is 43.2 Å². The molecule has 1 spiro atoms. The van der Waals surface area contributed by atoms with Crippen LogP contribution in [0.1, 0.15) is 26.7 Å². The van der Waals surface area contributed by atoms with Gasteiger partial charge in [0.15, 0.2) is 0 Å². The SMILES string of the molecule is CC(C)N1C(=O)NC2(CCN(S(=O)(=O)c3cccc(Cl)c3)CC2)C1=O. The molecule has 9 heteroatoms. The maximum Gasteiger partial charge on any atom is 0.325 e. The van der Waals surface area contributed by atoms with Crippen molar-refractivity contribution in [3.8, 4) is 0 Å². The highest BCUT2D eigenvalue weighted by atomic mass is 35.5. The van der Waals surface area contributed by atoms with Crippen LogP contribution < -0.4 is 5.32 Å². The second-order valence-corrected chi connectivity index (χ2v) is 9.02. The summed E-state index contributed by atoms with van der Waals surface area (Å²) in [5, 5.41) is 3.11. The third kappa shape index (κ3) is 3.02. The number of hydrogen-bond donors (Lipinski definition) is 1. The number of benzene rings is 1. The van der Waals surface area contributed by atoms with Gasteiger partial charge in [0, 0.05) is 24.2 Å². The number of nitrogens with zero attached hydrogens (tertiary/aromatic N) is 2. The van der Waals surface area contributed by atoms with Crippen LogP contribution in [0.15, 0.2) is 29.2 Å². The van der Waals surface area contributed by atoms with Crippen LogP contribution >= 0.6 is 11.6 Å². The van der Waals surface area contributed by atoms with Crippen LogP contribution in [0.4, 0.5) is 4.79 Å². The predicted molar refractivity (Wildman–Crippen MR) is 92.7 cm³/mol. The van der Waals surface area contributed by atoms with Gasteiger partial charge in [-0.2, -0.15) is 4.31 Å². The minimum absolute atomic E-state index is 0.126. The Morgan fingerprint density at radius 2 is 1.84 bits per heavy atom. The Hall–Kier alpha value is -1.64. The molecule has 1 aromatic rings. The van der Waals surface area contributed by atoms with Gasteiger partial charge in [0.1, 0.15) is 5.54 Å². The van der Waals surface area contributed by atoms with Crippen molar-refractivity contribution < 1.29 is 18.0 Å². The molecule has 0 bridgehead atoms. The fourth-order valence-electron chi connectivity index (χ4n) is 3.33. The summed E-state index contributed by atoms with van der Waals surface area (Å²) in [7, 11) is -3.68. The molecule has 0 aliphatic carbocycles. The zero-order chi connectivity index (χ0) is 18.4. The Balaban J connectivity index is 1.78. The summed E-state index contributed by atoms with van der Waals surface area (Å²) in [6.07, 6.45) is 0.501. The first-order valence-electron chi connectivity index (χ1n) is 8.09. The Bertz CT molecular complexity index is 816. The number of piperidine rings is 1. The summed E-state index contributed by atoms with van der Waals surface area (Å²) >= 11 is 5.89. The Kier molecular flexibility index (Phi) is 4.55. The summed E-state index contributed by atoms with van der Waals surface area (Å²) in [4.78, 5) is 26.1. The van der Waals surface area contributed by atoms with Gasteiger partial charge < -0.3 is 5.32 Å². The third-order valence-electron chi connectivity index (χ3n) is 4.72. The van der Waals surface area contributed by atoms with Crippen molar-refractivity contribution in [1.29, 1.82) is 0 Å². The van der Waals surface area contributed by atoms with Gasteiger partial charge in [-0.05, 0) is 44.9 Å². The smallest absolute Gasteiger partial charge is 0.323 e. The van der Waals surface area contributed by atoms with E-state index in [1.165, 1.54) is 21.3 Å². The third-order valence-corrected chi connectivity index (χ3v) is 6.85. The van der Waals surface area contributed by atoms with Gasteiger partial charge in [0.05, 0.1) is 4.90 Å². The van der Waals surface area contributed by atoms with Crippen LogP contribution in [0.2, 0.25) is 5.02 Å². The number of carbonyl (C=O) groups is 2. The highest BCUT2D eigenvalue weighted by Crippen LogP contribution is 2.33. The number of carbonyl (C=O) groups excluding carboxylic acids is 2. The van der Waals surface area contributed by atoms with Crippen molar-refractivity contribution in [3.63, 3.8) is 0 Å². The highest BCUT2D eigenvalue weighted by Gasteiger charge is 2.53. The molecule has 136 valence electrons. The van der Waals surface area contributed by atoms with E-state index in [9.17, 15) is 18.0 Å². The molecule has 2 aliphatic heterocycles. The van der Waals surface area contributed by atoms with Crippen LogP contribution in [0.25, 0.3) is 0 Å². The largest absolute Gasteiger partial charge is 0.325 e. The van der Waals surface area contributed by atoms with E-state index in [2.05, 4.69) is 5.32 Å². The summed E-state index contributed by atoms with van der Waals surface area (Å²) in [5.41, 5.74) is -0.998. The quantitative estimate of drug-likeness (QED) is 0.804. The van der Waals surface area contributed by atoms with Gasteiger partial charge in [-0.1, -0.05) is 17.7 Å². The fraction of sp³-hybridized carbons (Fsp3) is 0.500. The first-order chi connectivity index (χ1) is 11.7. The molecule has 2 fully saturated rings. The van der Waals surface area contributed by atoms with E-state index < -0.39 is 21.6 Å². The molecule has 2 aliphatic rings. The average Bonchev–Trinajstić information content (AvgIpc) is 2.78. The molecule has 0 radical (unpaired) electrons. The maximum absolute atomic E-state index is 12.7. The molecule has 0 saturated carbocycles. The minimum atomic E-state index is -3.68. The Morgan fingerprint density at radius 1 is 1.20 bits per heavy atom. The number of hydrogen-bond acceptors (Lipinski definition) is 4. The molecule has 7 nitrogen and oxygen atoms in total. The van der Waals surface area contributed by atoms with E-state index in [1.54, 1.807) is 26.0 Å². The standard InChI is InChI=1S/C16H20ClN3O4S/c1-11(2)20-14(21)16(18-15(20)22)6-8-19(9-7-16)25(23,24)13-5-3-4-12(17)10-13/h3-5,10-11H,6-9H2,1-2H3,(H,18,22). The Morgan fingerprint density at radius 3 is 2.36 bits per heavy atom. The molecule has 2 saturated heterocycles. The molecule has 1 aromatic carbocycles. The highest BCUT2D eigenvalue weighted by molar-refractivity contribution is 7.89. The zero-order valence-corrected chi connectivity index (χ0v) is 15.6. The second-order valence-electron chi connectivity index (χ2n) is 6.64. The van der Waals surface area contributed by atoms with Crippen molar-refractivity contribution in [2.24, 2.45) is 0 Å². The molecule has 25 heavy (non-hydrogen) atoms. The van der Waals surface area contributed by atoms with Gasteiger partial charge in [-0.3, -0.25) is 9.69 Å². The summed E-state index contributed by atoms with van der Waals surface area (Å²) < 4.78 is 26.8. The zero-order valence-electron chi connectivity index (χ0n) is 14.0. The van der Waals surface area contributed by atoms with Crippen LogP contribution in [-0.2, 0) is 14.8 Å². The average molecular weight is 386 g/mol. The number of amides is 3. The number of halogens is 1. The molecule has 1 N–H and O–H groups in total. The fourth-order valence-corrected chi connectivity index (χ4v) is 5.08. The number of sulfonamides is 1. The topological polar surface area (TPSA) is 86.8 Å². The van der Waals surface area contributed by atoms with Gasteiger partial charge >= 0.3 is 6.03 Å². The normalized spacial score (nSPS) is 21.2. The van der Waals surface area contributed by atoms with Crippen LogP contribution in [0.5, 0.6) is 0 Å². The van der Waals surface area contributed by atoms with Crippen molar-refractivity contribution in [3.05, 3.63) is 29.3 Å². The molecule has 0 atom stereocenters.